The summed E-state index contributed by atoms with van der Waals surface area (Å²) in [6.45, 7) is 0. The summed E-state index contributed by atoms with van der Waals surface area (Å²) in [7, 11) is 0. The van der Waals surface area contributed by atoms with E-state index >= 15 is 0 Å². The zero-order valence-corrected chi connectivity index (χ0v) is 12.0. The normalized spacial score (nSPS) is 10.5. The molecule has 0 aliphatic heterocycles. The molecule has 0 radical (unpaired) electrons. The van der Waals surface area contributed by atoms with Crippen LogP contribution in [0.1, 0.15) is 0 Å². The van der Waals surface area contributed by atoms with Crippen LogP contribution in [0.2, 0.25) is 0 Å². The van der Waals surface area contributed by atoms with E-state index in [2.05, 4.69) is 4.74 Å². The smallest absolute Gasteiger partial charge is 0.377 e. The molecule has 0 unspecified atom stereocenters. The number of benzene rings is 2. The van der Waals surface area contributed by atoms with E-state index in [-0.39, 0.29) is 23.2 Å². The van der Waals surface area contributed by atoms with Crippen LogP contribution in [0.4, 0.5) is 32.4 Å². The third kappa shape index (κ3) is 3.45. The minimum absolute atomic E-state index is 0.220. The molecule has 0 aliphatic carbocycles. The van der Waals surface area contributed by atoms with Crippen molar-refractivity contribution in [2.24, 2.45) is 0 Å². The predicted molar refractivity (Wildman–Crippen MR) is 71.2 cm³/mol. The van der Waals surface area contributed by atoms with Crippen LogP contribution in [0.25, 0.3) is 0 Å². The first-order valence-corrected chi connectivity index (χ1v) is 6.69. The average molecular weight is 365 g/mol. The summed E-state index contributed by atoms with van der Waals surface area (Å²) in [5.74, 6) is -11.3. The molecule has 0 spiro atoms. The van der Waals surface area contributed by atoms with Crippen LogP contribution >= 0.6 is 11.8 Å². The van der Waals surface area contributed by atoms with E-state index in [1.165, 1.54) is 0 Å². The van der Waals surface area contributed by atoms with Gasteiger partial charge in [0.2, 0.25) is 5.82 Å². The highest BCUT2D eigenvalue weighted by Crippen LogP contribution is 2.32. The highest BCUT2D eigenvalue weighted by molar-refractivity contribution is 8.13. The van der Waals surface area contributed by atoms with E-state index in [4.69, 9.17) is 0 Å². The lowest BCUT2D eigenvalue weighted by Crippen LogP contribution is -2.07. The number of nitrogens with zero attached hydrogens (tertiary/aromatic N) is 1. The van der Waals surface area contributed by atoms with Crippen molar-refractivity contribution < 1.29 is 36.4 Å². The molecule has 0 amide bonds. The maximum absolute atomic E-state index is 13.4. The van der Waals surface area contributed by atoms with Gasteiger partial charge >= 0.3 is 5.30 Å². The van der Waals surface area contributed by atoms with Gasteiger partial charge in [0, 0.05) is 12.1 Å². The number of thioether (sulfide) groups is 1. The number of rotatable bonds is 3. The zero-order chi connectivity index (χ0) is 18.0. The Hall–Kier alpha value is -2.69. The summed E-state index contributed by atoms with van der Waals surface area (Å²) in [6, 6.07) is 4.03. The number of halogens is 5. The third-order valence-electron chi connectivity index (χ3n) is 2.60. The number of hydrogen-bond acceptors (Lipinski definition) is 5. The highest BCUT2D eigenvalue weighted by atomic mass is 32.2. The number of nitro benzene ring substituents is 1. The molecule has 0 bridgehead atoms. The number of nitro groups is 1. The van der Waals surface area contributed by atoms with Crippen LogP contribution in [0.5, 0.6) is 5.75 Å². The van der Waals surface area contributed by atoms with Crippen molar-refractivity contribution in [3.63, 3.8) is 0 Å². The second kappa shape index (κ2) is 6.83. The van der Waals surface area contributed by atoms with Crippen molar-refractivity contribution in [2.45, 2.75) is 4.90 Å². The maximum atomic E-state index is 13.4. The van der Waals surface area contributed by atoms with E-state index in [1.54, 1.807) is 0 Å². The number of hydrogen-bond donors (Lipinski definition) is 0. The van der Waals surface area contributed by atoms with Crippen molar-refractivity contribution in [1.29, 1.82) is 0 Å². The molecule has 5 nitrogen and oxygen atoms in total. The standard InChI is InChI=1S/C13H4F5NO4S/c14-7-8(15)10(17)12(11(18)9(7)16)24-13(20)23-6-3-1-5(2-4-6)19(21)22/h1-4H. The minimum Gasteiger partial charge on any atom is -0.418 e. The minimum atomic E-state index is -2.35. The first kappa shape index (κ1) is 17.7. The Balaban J connectivity index is 2.20. The van der Waals surface area contributed by atoms with Crippen molar-refractivity contribution in [3.8, 4) is 5.75 Å². The molecule has 0 atom stereocenters. The monoisotopic (exact) mass is 365 g/mol. The van der Waals surface area contributed by atoms with Gasteiger partial charge in [-0.1, -0.05) is 0 Å². The molecule has 0 aromatic heterocycles. The molecule has 2 aromatic rings. The fourth-order valence-corrected chi connectivity index (χ4v) is 2.17. The van der Waals surface area contributed by atoms with Crippen molar-refractivity contribution in [3.05, 3.63) is 63.5 Å². The van der Waals surface area contributed by atoms with Gasteiger partial charge in [-0.05, 0) is 23.9 Å². The van der Waals surface area contributed by atoms with E-state index in [0.29, 0.717) is 0 Å². The largest absolute Gasteiger partial charge is 0.418 e. The maximum Gasteiger partial charge on any atom is 0.377 e. The van der Waals surface area contributed by atoms with E-state index in [0.717, 1.165) is 24.3 Å². The summed E-state index contributed by atoms with van der Waals surface area (Å²) in [4.78, 5) is 19.9. The van der Waals surface area contributed by atoms with Crippen LogP contribution in [0.15, 0.2) is 29.2 Å². The van der Waals surface area contributed by atoms with Crippen LogP contribution in [-0.4, -0.2) is 10.2 Å². The Bertz CT molecular complexity index is 799. The lowest BCUT2D eigenvalue weighted by Gasteiger charge is -2.07. The molecule has 0 N–H and O–H groups in total. The van der Waals surface area contributed by atoms with Gasteiger partial charge in [-0.15, -0.1) is 0 Å². The fraction of sp³-hybridized carbons (Fsp3) is 0. The van der Waals surface area contributed by atoms with Crippen LogP contribution < -0.4 is 4.74 Å². The molecule has 0 fully saturated rings. The second-order valence-corrected chi connectivity index (χ2v) is 5.05. The Morgan fingerprint density at radius 1 is 0.917 bits per heavy atom. The summed E-state index contributed by atoms with van der Waals surface area (Å²) < 4.78 is 70.3. The molecule has 24 heavy (non-hydrogen) atoms. The molecule has 126 valence electrons. The third-order valence-corrected chi connectivity index (χ3v) is 3.42. The molecule has 0 saturated carbocycles. The molecule has 0 saturated heterocycles. The Labute approximate surface area is 134 Å². The SMILES string of the molecule is O=C(Oc1ccc([N+](=O)[O-])cc1)Sc1c(F)c(F)c(F)c(F)c1F. The Kier molecular flexibility index (Phi) is 5.02. The molecule has 0 aliphatic rings. The van der Waals surface area contributed by atoms with Gasteiger partial charge in [0.15, 0.2) is 23.3 Å². The van der Waals surface area contributed by atoms with Crippen LogP contribution in [0, 0.1) is 39.2 Å². The quantitative estimate of drug-likeness (QED) is 0.151. The van der Waals surface area contributed by atoms with Gasteiger partial charge < -0.3 is 4.74 Å². The molecule has 11 heteroatoms. The molecule has 2 rings (SSSR count). The molecular weight excluding hydrogens is 361 g/mol. The van der Waals surface area contributed by atoms with Crippen LogP contribution in [-0.2, 0) is 0 Å². The summed E-state index contributed by atoms with van der Waals surface area (Å²) in [6.07, 6.45) is 0. The predicted octanol–water partition coefficient (Wildman–Crippen LogP) is 4.58. The average Bonchev–Trinajstić information content (AvgIpc) is 2.55. The second-order valence-electron chi connectivity index (χ2n) is 4.10. The number of ether oxygens (including phenoxy) is 1. The van der Waals surface area contributed by atoms with E-state index in [1.807, 2.05) is 0 Å². The number of carbonyl (C=O) groups is 1. The Morgan fingerprint density at radius 2 is 1.38 bits per heavy atom. The summed E-state index contributed by atoms with van der Waals surface area (Å²) in [5.41, 5.74) is -0.304. The van der Waals surface area contributed by atoms with Crippen molar-refractivity contribution in [2.75, 3.05) is 0 Å². The van der Waals surface area contributed by atoms with E-state index < -0.39 is 44.2 Å². The van der Waals surface area contributed by atoms with Gasteiger partial charge in [0.25, 0.3) is 5.69 Å². The molecule has 0 heterocycles. The highest BCUT2D eigenvalue weighted by Gasteiger charge is 2.28. The molecular formula is C13H4F5NO4S. The topological polar surface area (TPSA) is 69.4 Å². The van der Waals surface area contributed by atoms with Crippen LogP contribution in [0.3, 0.4) is 0 Å². The lowest BCUT2D eigenvalue weighted by molar-refractivity contribution is -0.384. The molecule has 2 aromatic carbocycles. The van der Waals surface area contributed by atoms with Crippen molar-refractivity contribution in [1.82, 2.24) is 0 Å². The lowest BCUT2D eigenvalue weighted by atomic mass is 10.3. The first-order chi connectivity index (χ1) is 11.2. The zero-order valence-electron chi connectivity index (χ0n) is 11.2. The van der Waals surface area contributed by atoms with Gasteiger partial charge in [0.05, 0.1) is 9.82 Å². The van der Waals surface area contributed by atoms with Gasteiger partial charge in [0.1, 0.15) is 5.75 Å². The number of carbonyl (C=O) groups excluding carboxylic acids is 1. The van der Waals surface area contributed by atoms with Gasteiger partial charge in [-0.2, -0.15) is 0 Å². The fourth-order valence-electron chi connectivity index (χ4n) is 1.51. The van der Waals surface area contributed by atoms with Gasteiger partial charge in [-0.25, -0.2) is 26.7 Å². The summed E-state index contributed by atoms with van der Waals surface area (Å²) in [5, 5.41) is 9.05. The summed E-state index contributed by atoms with van der Waals surface area (Å²) >= 11 is -0.352. The first-order valence-electron chi connectivity index (χ1n) is 5.88. The van der Waals surface area contributed by atoms with Gasteiger partial charge in [-0.3, -0.25) is 10.1 Å². The Morgan fingerprint density at radius 3 is 1.83 bits per heavy atom. The van der Waals surface area contributed by atoms with E-state index in [9.17, 15) is 36.9 Å². The van der Waals surface area contributed by atoms with Crippen molar-refractivity contribution >= 4 is 22.8 Å². The number of non-ortho nitro benzene ring substituents is 1.